The van der Waals surface area contributed by atoms with Crippen LogP contribution in [-0.2, 0) is 0 Å². The van der Waals surface area contributed by atoms with Crippen molar-refractivity contribution in [2.75, 3.05) is 11.9 Å². The molecule has 1 atom stereocenters. The van der Waals surface area contributed by atoms with Crippen molar-refractivity contribution < 1.29 is 0 Å². The first kappa shape index (κ1) is 15.9. The second-order valence-electron chi connectivity index (χ2n) is 6.08. The Balaban J connectivity index is 1.69. The lowest BCUT2D eigenvalue weighted by atomic mass is 9.89. The predicted octanol–water partition coefficient (Wildman–Crippen LogP) is 3.89. The van der Waals surface area contributed by atoms with Crippen LogP contribution < -0.4 is 5.32 Å². The van der Waals surface area contributed by atoms with Gasteiger partial charge in [0.25, 0.3) is 0 Å². The molecule has 23 heavy (non-hydrogen) atoms. The summed E-state index contributed by atoms with van der Waals surface area (Å²) in [6.45, 7) is 2.85. The van der Waals surface area contributed by atoms with Crippen molar-refractivity contribution >= 4 is 17.3 Å². The highest BCUT2D eigenvalue weighted by atomic mass is 32.1. The number of thiazole rings is 1. The molecule has 0 amide bonds. The van der Waals surface area contributed by atoms with E-state index < -0.39 is 5.92 Å². The van der Waals surface area contributed by atoms with Gasteiger partial charge in [-0.3, -0.25) is 0 Å². The third-order valence-electron chi connectivity index (χ3n) is 4.26. The second kappa shape index (κ2) is 7.51. The Kier molecular flexibility index (Phi) is 5.19. The first-order valence-electron chi connectivity index (χ1n) is 8.14. The summed E-state index contributed by atoms with van der Waals surface area (Å²) in [4.78, 5) is 13.2. The molecule has 0 bridgehead atoms. The smallest absolute Gasteiger partial charge is 0.222 e. The maximum Gasteiger partial charge on any atom is 0.222 e. The first-order valence-corrected chi connectivity index (χ1v) is 9.02. The summed E-state index contributed by atoms with van der Waals surface area (Å²) in [5.41, 5.74) is 1.65. The third kappa shape index (κ3) is 4.05. The van der Waals surface area contributed by atoms with Crippen molar-refractivity contribution in [3.05, 3.63) is 34.0 Å². The number of hydrogen-bond donors (Lipinski definition) is 1. The zero-order chi connectivity index (χ0) is 16.1. The minimum atomic E-state index is -0.424. The number of nitrogens with zero attached hydrogens (tertiary/aromatic N) is 4. The maximum absolute atomic E-state index is 9.50. The molecule has 0 spiro atoms. The quantitative estimate of drug-likeness (QED) is 0.901. The molecule has 3 rings (SSSR count). The number of anilines is 1. The van der Waals surface area contributed by atoms with Crippen molar-refractivity contribution in [2.45, 2.75) is 44.9 Å². The SMILES string of the molecule is Cc1csc(C(C#N)c2ccnc(NCC3CCCCC3)n2)n1. The molecule has 1 N–H and O–H groups in total. The topological polar surface area (TPSA) is 74.5 Å². The van der Waals surface area contributed by atoms with E-state index in [4.69, 9.17) is 0 Å². The Hall–Kier alpha value is -2.00. The Morgan fingerprint density at radius 3 is 2.87 bits per heavy atom. The van der Waals surface area contributed by atoms with Gasteiger partial charge < -0.3 is 5.32 Å². The molecule has 0 aromatic carbocycles. The van der Waals surface area contributed by atoms with Crippen molar-refractivity contribution in [1.82, 2.24) is 15.0 Å². The van der Waals surface area contributed by atoms with Gasteiger partial charge in [-0.25, -0.2) is 15.0 Å². The van der Waals surface area contributed by atoms with E-state index in [0.717, 1.165) is 17.2 Å². The molecule has 0 radical (unpaired) electrons. The highest BCUT2D eigenvalue weighted by molar-refractivity contribution is 7.09. The highest BCUT2D eigenvalue weighted by Crippen LogP contribution is 2.26. The Morgan fingerprint density at radius 2 is 2.17 bits per heavy atom. The average molecular weight is 327 g/mol. The molecule has 0 saturated heterocycles. The van der Waals surface area contributed by atoms with Gasteiger partial charge in [-0.05, 0) is 31.7 Å². The highest BCUT2D eigenvalue weighted by Gasteiger charge is 2.19. The number of nitrogens with one attached hydrogen (secondary N) is 1. The molecular weight excluding hydrogens is 306 g/mol. The molecule has 120 valence electrons. The molecule has 2 heterocycles. The predicted molar refractivity (Wildman–Crippen MR) is 91.4 cm³/mol. The maximum atomic E-state index is 9.50. The van der Waals surface area contributed by atoms with Gasteiger partial charge in [-0.15, -0.1) is 11.3 Å². The molecule has 2 aromatic rings. The summed E-state index contributed by atoms with van der Waals surface area (Å²) in [6, 6.07) is 4.11. The molecule has 5 nitrogen and oxygen atoms in total. The van der Waals surface area contributed by atoms with Crippen LogP contribution in [-0.4, -0.2) is 21.5 Å². The fourth-order valence-electron chi connectivity index (χ4n) is 3.00. The van der Waals surface area contributed by atoms with E-state index in [2.05, 4.69) is 26.3 Å². The summed E-state index contributed by atoms with van der Waals surface area (Å²) in [7, 11) is 0. The minimum Gasteiger partial charge on any atom is -0.354 e. The van der Waals surface area contributed by atoms with Gasteiger partial charge in [-0.2, -0.15) is 5.26 Å². The normalized spacial score (nSPS) is 16.7. The zero-order valence-electron chi connectivity index (χ0n) is 13.3. The monoisotopic (exact) mass is 327 g/mol. The van der Waals surface area contributed by atoms with Gasteiger partial charge in [0, 0.05) is 23.8 Å². The largest absolute Gasteiger partial charge is 0.354 e. The van der Waals surface area contributed by atoms with Gasteiger partial charge in [0.15, 0.2) is 0 Å². The van der Waals surface area contributed by atoms with E-state index in [9.17, 15) is 5.26 Å². The molecule has 0 aliphatic heterocycles. The van der Waals surface area contributed by atoms with Crippen LogP contribution in [0.2, 0.25) is 0 Å². The fraction of sp³-hybridized carbons (Fsp3) is 0.529. The van der Waals surface area contributed by atoms with Crippen LogP contribution in [0.25, 0.3) is 0 Å². The van der Waals surface area contributed by atoms with Crippen LogP contribution in [0.15, 0.2) is 17.6 Å². The molecular formula is C17H21N5S. The van der Waals surface area contributed by atoms with E-state index >= 15 is 0 Å². The summed E-state index contributed by atoms with van der Waals surface area (Å²) >= 11 is 1.50. The lowest BCUT2D eigenvalue weighted by molar-refractivity contribution is 0.373. The van der Waals surface area contributed by atoms with E-state index in [1.165, 1.54) is 43.4 Å². The van der Waals surface area contributed by atoms with Crippen LogP contribution in [0.1, 0.15) is 54.4 Å². The molecule has 6 heteroatoms. The summed E-state index contributed by atoms with van der Waals surface area (Å²) in [6.07, 6.45) is 8.30. The Bertz CT molecular complexity index is 684. The summed E-state index contributed by atoms with van der Waals surface area (Å²) in [5.74, 6) is 0.901. The van der Waals surface area contributed by atoms with Crippen LogP contribution >= 0.6 is 11.3 Å². The van der Waals surface area contributed by atoms with Crippen LogP contribution in [0, 0.1) is 24.2 Å². The van der Waals surface area contributed by atoms with Gasteiger partial charge in [-0.1, -0.05) is 19.3 Å². The van der Waals surface area contributed by atoms with Crippen molar-refractivity contribution in [2.24, 2.45) is 5.92 Å². The molecule has 1 aliphatic carbocycles. The minimum absolute atomic E-state index is 0.424. The van der Waals surface area contributed by atoms with E-state index in [0.29, 0.717) is 17.6 Å². The molecule has 1 saturated carbocycles. The summed E-state index contributed by atoms with van der Waals surface area (Å²) in [5, 5.41) is 15.6. The number of aromatic nitrogens is 3. The number of rotatable bonds is 5. The lowest BCUT2D eigenvalue weighted by Crippen LogP contribution is -2.18. The first-order chi connectivity index (χ1) is 11.3. The summed E-state index contributed by atoms with van der Waals surface area (Å²) < 4.78 is 0. The van der Waals surface area contributed by atoms with Crippen LogP contribution in [0.5, 0.6) is 0 Å². The Morgan fingerprint density at radius 1 is 1.35 bits per heavy atom. The van der Waals surface area contributed by atoms with Crippen LogP contribution in [0.4, 0.5) is 5.95 Å². The molecule has 1 unspecified atom stereocenters. The third-order valence-corrected chi connectivity index (χ3v) is 5.29. The number of nitriles is 1. The van der Waals surface area contributed by atoms with Crippen molar-refractivity contribution in [3.63, 3.8) is 0 Å². The lowest BCUT2D eigenvalue weighted by Gasteiger charge is -2.21. The number of aryl methyl sites for hydroxylation is 1. The van der Waals surface area contributed by atoms with Gasteiger partial charge in [0.05, 0.1) is 11.8 Å². The van der Waals surface area contributed by atoms with Gasteiger partial charge in [0.2, 0.25) is 5.95 Å². The molecule has 2 aromatic heterocycles. The average Bonchev–Trinajstić information content (AvgIpc) is 3.01. The van der Waals surface area contributed by atoms with Crippen LogP contribution in [0.3, 0.4) is 0 Å². The second-order valence-corrected chi connectivity index (χ2v) is 6.97. The van der Waals surface area contributed by atoms with E-state index in [1.54, 1.807) is 12.3 Å². The van der Waals surface area contributed by atoms with Gasteiger partial charge in [0.1, 0.15) is 10.9 Å². The van der Waals surface area contributed by atoms with Crippen molar-refractivity contribution in [1.29, 1.82) is 5.26 Å². The van der Waals surface area contributed by atoms with E-state index in [-0.39, 0.29) is 0 Å². The fourth-order valence-corrected chi connectivity index (χ4v) is 3.85. The number of hydrogen-bond acceptors (Lipinski definition) is 6. The molecule has 1 fully saturated rings. The van der Waals surface area contributed by atoms with Crippen molar-refractivity contribution in [3.8, 4) is 6.07 Å². The zero-order valence-corrected chi connectivity index (χ0v) is 14.1. The standard InChI is InChI=1S/C17H21N5S/c1-12-11-23-16(21-12)14(9-18)15-7-8-19-17(22-15)20-10-13-5-3-2-4-6-13/h7-8,11,13-14H,2-6,10H2,1H3,(H,19,20,22). The van der Waals surface area contributed by atoms with E-state index in [1.807, 2.05) is 12.3 Å². The Labute approximate surface area is 140 Å². The molecule has 1 aliphatic rings. The van der Waals surface area contributed by atoms with Gasteiger partial charge >= 0.3 is 0 Å².